The molecule has 0 aliphatic rings. The molecule has 3 nitrogen and oxygen atoms in total. The molecule has 1 aromatic rings. The number of nitrogens with zero attached hydrogens (tertiary/aromatic N) is 1. The summed E-state index contributed by atoms with van der Waals surface area (Å²) in [5.74, 6) is 0.553. The molecule has 1 aromatic heterocycles. The molecule has 0 radical (unpaired) electrons. The fourth-order valence-corrected chi connectivity index (χ4v) is 1.89. The van der Waals surface area contributed by atoms with Crippen LogP contribution in [-0.2, 0) is 4.74 Å². The van der Waals surface area contributed by atoms with Gasteiger partial charge in [0, 0.05) is 31.3 Å². The zero-order valence-corrected chi connectivity index (χ0v) is 11.0. The molecule has 0 aliphatic carbocycles. The Balaban J connectivity index is 2.48. The lowest BCUT2D eigenvalue weighted by atomic mass is 10.0. The number of ether oxygens (including phenoxy) is 1. The number of hydrogen-bond donors (Lipinski definition) is 1. The molecule has 16 heavy (non-hydrogen) atoms. The van der Waals surface area contributed by atoms with E-state index in [1.54, 1.807) is 18.4 Å². The van der Waals surface area contributed by atoms with Crippen LogP contribution in [0, 0.1) is 5.92 Å². The second-order valence-corrected chi connectivity index (χ2v) is 4.87. The zero-order chi connectivity index (χ0) is 11.8. The molecule has 1 heterocycles. The molecule has 0 saturated heterocycles. The first-order valence-electron chi connectivity index (χ1n) is 5.52. The maximum atomic E-state index is 5.00. The van der Waals surface area contributed by atoms with Gasteiger partial charge in [-0.05, 0) is 12.0 Å². The molecule has 4 heteroatoms. The highest BCUT2D eigenvalue weighted by atomic mass is 32.1. The van der Waals surface area contributed by atoms with Gasteiger partial charge in [-0.3, -0.25) is 4.98 Å². The minimum atomic E-state index is 0.553. The number of methoxy groups -OCH3 is 1. The Hall–Kier alpha value is -0.710. The predicted octanol–water partition coefficient (Wildman–Crippen LogP) is 2.42. The molecule has 0 saturated carbocycles. The van der Waals surface area contributed by atoms with Gasteiger partial charge in [0.2, 0.25) is 0 Å². The van der Waals surface area contributed by atoms with Gasteiger partial charge in [0.05, 0.1) is 12.1 Å². The summed E-state index contributed by atoms with van der Waals surface area (Å²) in [7, 11) is 1.72. The van der Waals surface area contributed by atoms with E-state index in [0.717, 1.165) is 19.7 Å². The minimum Gasteiger partial charge on any atom is -0.383 e. The van der Waals surface area contributed by atoms with Gasteiger partial charge in [-0.1, -0.05) is 19.4 Å². The van der Waals surface area contributed by atoms with Crippen LogP contribution in [0.2, 0.25) is 0 Å². The molecule has 0 bridgehead atoms. The summed E-state index contributed by atoms with van der Waals surface area (Å²) in [6.07, 6.45) is 4.13. The van der Waals surface area contributed by atoms with Crippen molar-refractivity contribution in [3.63, 3.8) is 0 Å². The van der Waals surface area contributed by atoms with Gasteiger partial charge in [0.1, 0.15) is 0 Å². The fourth-order valence-electron chi connectivity index (χ4n) is 1.31. The Labute approximate surface area is 102 Å². The average Bonchev–Trinajstić information content (AvgIpc) is 2.75. The highest BCUT2D eigenvalue weighted by Gasteiger charge is 2.03. The van der Waals surface area contributed by atoms with Crippen LogP contribution in [0.3, 0.4) is 0 Å². The van der Waals surface area contributed by atoms with Crippen molar-refractivity contribution in [2.24, 2.45) is 5.92 Å². The lowest BCUT2D eigenvalue weighted by Gasteiger charge is -2.12. The van der Waals surface area contributed by atoms with Crippen LogP contribution < -0.4 is 5.32 Å². The summed E-state index contributed by atoms with van der Waals surface area (Å²) in [4.78, 5) is 5.30. The summed E-state index contributed by atoms with van der Waals surface area (Å²) in [5, 5.41) is 3.37. The van der Waals surface area contributed by atoms with Crippen LogP contribution >= 0.6 is 11.3 Å². The Bertz CT molecular complexity index is 307. The molecule has 0 spiro atoms. The van der Waals surface area contributed by atoms with E-state index >= 15 is 0 Å². The number of nitrogens with one attached hydrogen (secondary N) is 1. The van der Waals surface area contributed by atoms with E-state index < -0.39 is 0 Å². The van der Waals surface area contributed by atoms with E-state index in [0.29, 0.717) is 5.92 Å². The van der Waals surface area contributed by atoms with Crippen LogP contribution in [0.15, 0.2) is 17.3 Å². The van der Waals surface area contributed by atoms with Gasteiger partial charge in [-0.2, -0.15) is 0 Å². The third-order valence-electron chi connectivity index (χ3n) is 2.33. The van der Waals surface area contributed by atoms with Crippen LogP contribution in [-0.4, -0.2) is 31.8 Å². The number of hydrogen-bond acceptors (Lipinski definition) is 4. The first-order valence-corrected chi connectivity index (χ1v) is 6.40. The first kappa shape index (κ1) is 13.4. The maximum absolute atomic E-state index is 5.00. The van der Waals surface area contributed by atoms with E-state index in [1.807, 2.05) is 11.7 Å². The highest BCUT2D eigenvalue weighted by Crippen LogP contribution is 2.16. The Morgan fingerprint density at radius 1 is 1.62 bits per heavy atom. The van der Waals surface area contributed by atoms with Gasteiger partial charge < -0.3 is 10.1 Å². The smallest absolute Gasteiger partial charge is 0.0797 e. The molecule has 1 N–H and O–H groups in total. The normalized spacial score (nSPS) is 12.4. The van der Waals surface area contributed by atoms with E-state index in [1.165, 1.54) is 10.5 Å². The van der Waals surface area contributed by atoms with Crippen LogP contribution in [0.4, 0.5) is 0 Å². The molecule has 0 atom stereocenters. The van der Waals surface area contributed by atoms with Gasteiger partial charge in [-0.15, -0.1) is 11.3 Å². The van der Waals surface area contributed by atoms with E-state index in [-0.39, 0.29) is 0 Å². The summed E-state index contributed by atoms with van der Waals surface area (Å²) < 4.78 is 5.00. The Kier molecular flexibility index (Phi) is 6.30. The third-order valence-corrected chi connectivity index (χ3v) is 3.06. The fraction of sp³-hybridized carbons (Fsp3) is 0.583. The lowest BCUT2D eigenvalue weighted by molar-refractivity contribution is 0.200. The van der Waals surface area contributed by atoms with Crippen LogP contribution in [0.25, 0.3) is 6.08 Å². The molecular weight excluding hydrogens is 220 g/mol. The van der Waals surface area contributed by atoms with Crippen molar-refractivity contribution in [1.82, 2.24) is 10.3 Å². The summed E-state index contributed by atoms with van der Waals surface area (Å²) in [5.41, 5.74) is 3.27. The minimum absolute atomic E-state index is 0.553. The van der Waals surface area contributed by atoms with Crippen LogP contribution in [0.5, 0.6) is 0 Å². The van der Waals surface area contributed by atoms with Gasteiger partial charge in [0.25, 0.3) is 0 Å². The quantitative estimate of drug-likeness (QED) is 0.743. The van der Waals surface area contributed by atoms with Crippen molar-refractivity contribution in [3.8, 4) is 0 Å². The van der Waals surface area contributed by atoms with Crippen molar-refractivity contribution < 1.29 is 4.74 Å². The largest absolute Gasteiger partial charge is 0.383 e. The van der Waals surface area contributed by atoms with Crippen molar-refractivity contribution in [3.05, 3.63) is 22.2 Å². The van der Waals surface area contributed by atoms with Crippen molar-refractivity contribution in [1.29, 1.82) is 0 Å². The molecule has 1 rings (SSSR count). The van der Waals surface area contributed by atoms with E-state index in [9.17, 15) is 0 Å². The van der Waals surface area contributed by atoms with E-state index in [2.05, 4.69) is 30.2 Å². The zero-order valence-electron chi connectivity index (χ0n) is 10.2. The topological polar surface area (TPSA) is 34.1 Å². The summed E-state index contributed by atoms with van der Waals surface area (Å²) in [6.45, 7) is 6.99. The SMILES string of the molecule is COCCNCC(=Cc1cncs1)C(C)C. The lowest BCUT2D eigenvalue weighted by Crippen LogP contribution is -2.23. The van der Waals surface area contributed by atoms with Gasteiger partial charge in [0.15, 0.2) is 0 Å². The molecule has 0 unspecified atom stereocenters. The first-order chi connectivity index (χ1) is 7.74. The van der Waals surface area contributed by atoms with Gasteiger partial charge in [-0.25, -0.2) is 0 Å². The number of aromatic nitrogens is 1. The molecule has 0 aromatic carbocycles. The summed E-state index contributed by atoms with van der Waals surface area (Å²) >= 11 is 1.67. The average molecular weight is 240 g/mol. The van der Waals surface area contributed by atoms with Crippen molar-refractivity contribution >= 4 is 17.4 Å². The summed E-state index contributed by atoms with van der Waals surface area (Å²) in [6, 6.07) is 0. The molecule has 0 aliphatic heterocycles. The Morgan fingerprint density at radius 2 is 2.44 bits per heavy atom. The van der Waals surface area contributed by atoms with E-state index in [4.69, 9.17) is 4.74 Å². The molecule has 0 amide bonds. The van der Waals surface area contributed by atoms with Gasteiger partial charge >= 0.3 is 0 Å². The Morgan fingerprint density at radius 3 is 3.00 bits per heavy atom. The molecule has 90 valence electrons. The van der Waals surface area contributed by atoms with Crippen LogP contribution in [0.1, 0.15) is 18.7 Å². The third kappa shape index (κ3) is 4.88. The monoisotopic (exact) mass is 240 g/mol. The predicted molar refractivity (Wildman–Crippen MR) is 69.7 cm³/mol. The molecule has 0 fully saturated rings. The van der Waals surface area contributed by atoms with Crippen molar-refractivity contribution in [2.45, 2.75) is 13.8 Å². The standard InChI is InChI=1S/C12H20N2OS/c1-10(2)11(7-13-4-5-15-3)6-12-8-14-9-16-12/h6,8-10,13H,4-5,7H2,1-3H3. The second kappa shape index (κ2) is 7.54. The highest BCUT2D eigenvalue weighted by molar-refractivity contribution is 7.10. The number of rotatable bonds is 7. The molecular formula is C12H20N2OS. The van der Waals surface area contributed by atoms with Crippen molar-refractivity contribution in [2.75, 3.05) is 26.8 Å². The second-order valence-electron chi connectivity index (χ2n) is 3.95. The maximum Gasteiger partial charge on any atom is 0.0797 e. The number of thiazole rings is 1.